The number of aromatic nitrogens is 4. The van der Waals surface area contributed by atoms with Crippen LogP contribution in [0.2, 0.25) is 0 Å². The Morgan fingerprint density at radius 3 is 3.00 bits per heavy atom. The second-order valence-electron chi connectivity index (χ2n) is 3.52. The van der Waals surface area contributed by atoms with E-state index in [1.165, 1.54) is 0 Å². The summed E-state index contributed by atoms with van der Waals surface area (Å²) in [6, 6.07) is 2.22. The van der Waals surface area contributed by atoms with E-state index in [1.54, 1.807) is 12.4 Å². The molecule has 0 aliphatic heterocycles. The van der Waals surface area contributed by atoms with E-state index in [0.717, 1.165) is 18.1 Å². The maximum Gasteiger partial charge on any atom is 0.122 e. The first kappa shape index (κ1) is 9.92. The van der Waals surface area contributed by atoms with E-state index in [1.807, 2.05) is 24.0 Å². The first-order chi connectivity index (χ1) is 7.27. The van der Waals surface area contributed by atoms with Gasteiger partial charge in [-0.3, -0.25) is 4.68 Å². The van der Waals surface area contributed by atoms with Crippen molar-refractivity contribution in [1.29, 1.82) is 0 Å². The largest absolute Gasteiger partial charge is 0.347 e. The Balaban J connectivity index is 1.91. The van der Waals surface area contributed by atoms with Crippen LogP contribution in [0.3, 0.4) is 0 Å². The monoisotopic (exact) mass is 205 g/mol. The fourth-order valence-corrected chi connectivity index (χ4v) is 1.44. The summed E-state index contributed by atoms with van der Waals surface area (Å²) in [4.78, 5) is 7.28. The lowest BCUT2D eigenvalue weighted by atomic mass is 10.3. The number of rotatable bonds is 4. The van der Waals surface area contributed by atoms with Crippen molar-refractivity contribution in [2.75, 3.05) is 0 Å². The summed E-state index contributed by atoms with van der Waals surface area (Å²) in [6.07, 6.45) is 5.39. The average molecular weight is 205 g/mol. The van der Waals surface area contributed by atoms with Gasteiger partial charge in [-0.2, -0.15) is 5.10 Å². The number of aryl methyl sites for hydroxylation is 1. The second kappa shape index (κ2) is 4.27. The predicted molar refractivity (Wildman–Crippen MR) is 57.1 cm³/mol. The molecule has 2 heterocycles. The lowest BCUT2D eigenvalue weighted by Gasteiger charge is -2.11. The highest BCUT2D eigenvalue weighted by Gasteiger charge is 2.07. The Kier molecular flexibility index (Phi) is 2.82. The quantitative estimate of drug-likeness (QED) is 0.782. The van der Waals surface area contributed by atoms with Crippen LogP contribution in [0, 0.1) is 0 Å². The molecule has 2 N–H and O–H groups in total. The van der Waals surface area contributed by atoms with E-state index >= 15 is 0 Å². The molecule has 2 aromatic heterocycles. The van der Waals surface area contributed by atoms with Crippen molar-refractivity contribution >= 4 is 0 Å². The molecule has 15 heavy (non-hydrogen) atoms. The highest BCUT2D eigenvalue weighted by Crippen LogP contribution is 2.06. The minimum absolute atomic E-state index is 0.218. The first-order valence-electron chi connectivity index (χ1n) is 4.97. The third-order valence-corrected chi connectivity index (χ3v) is 2.44. The van der Waals surface area contributed by atoms with Crippen LogP contribution in [0.5, 0.6) is 0 Å². The van der Waals surface area contributed by atoms with Gasteiger partial charge in [0.15, 0.2) is 0 Å². The summed E-state index contributed by atoms with van der Waals surface area (Å²) in [5, 5.41) is 7.48. The number of hydrogen-bond donors (Lipinski definition) is 2. The molecule has 0 aliphatic carbocycles. The van der Waals surface area contributed by atoms with Crippen LogP contribution >= 0.6 is 0 Å². The molecule has 2 rings (SSSR count). The zero-order valence-electron chi connectivity index (χ0n) is 8.94. The van der Waals surface area contributed by atoms with E-state index in [2.05, 4.69) is 27.3 Å². The molecular formula is C10H15N5. The molecule has 80 valence electrons. The Morgan fingerprint density at radius 2 is 2.40 bits per heavy atom. The molecular weight excluding hydrogens is 190 g/mol. The topological polar surface area (TPSA) is 58.5 Å². The van der Waals surface area contributed by atoms with Crippen LogP contribution in [0.4, 0.5) is 0 Å². The standard InChI is InChI=1S/C10H15N5/c1-8(10-11-5-6-12-10)13-7-9-3-4-14-15(9)2/h3-6,8,13H,7H2,1-2H3,(H,11,12). The third kappa shape index (κ3) is 2.24. The number of aromatic amines is 1. The van der Waals surface area contributed by atoms with Crippen LogP contribution in [0.15, 0.2) is 24.7 Å². The molecule has 0 fully saturated rings. The van der Waals surface area contributed by atoms with Gasteiger partial charge in [0.25, 0.3) is 0 Å². The van der Waals surface area contributed by atoms with Crippen LogP contribution in [0.25, 0.3) is 0 Å². The maximum atomic E-state index is 4.20. The van der Waals surface area contributed by atoms with Gasteiger partial charge in [-0.15, -0.1) is 0 Å². The normalized spacial score (nSPS) is 12.9. The van der Waals surface area contributed by atoms with Gasteiger partial charge in [-0.05, 0) is 13.0 Å². The van der Waals surface area contributed by atoms with Gasteiger partial charge < -0.3 is 10.3 Å². The molecule has 2 aromatic rings. The minimum Gasteiger partial charge on any atom is -0.347 e. The van der Waals surface area contributed by atoms with Gasteiger partial charge in [0, 0.05) is 32.2 Å². The molecule has 1 atom stereocenters. The second-order valence-corrected chi connectivity index (χ2v) is 3.52. The van der Waals surface area contributed by atoms with Gasteiger partial charge in [-0.1, -0.05) is 0 Å². The summed E-state index contributed by atoms with van der Waals surface area (Å²) in [6.45, 7) is 2.87. The summed E-state index contributed by atoms with van der Waals surface area (Å²) in [5.41, 5.74) is 1.16. The molecule has 0 radical (unpaired) electrons. The van der Waals surface area contributed by atoms with E-state index < -0.39 is 0 Å². The van der Waals surface area contributed by atoms with Gasteiger partial charge in [0.05, 0.1) is 11.7 Å². The number of imidazole rings is 1. The SMILES string of the molecule is CC(NCc1ccnn1C)c1ncc[nH]1. The van der Waals surface area contributed by atoms with Gasteiger partial charge in [-0.25, -0.2) is 4.98 Å². The summed E-state index contributed by atoms with van der Waals surface area (Å²) < 4.78 is 1.86. The number of nitrogens with zero attached hydrogens (tertiary/aromatic N) is 3. The van der Waals surface area contributed by atoms with Crippen molar-refractivity contribution in [2.24, 2.45) is 7.05 Å². The molecule has 0 bridgehead atoms. The maximum absolute atomic E-state index is 4.20. The van der Waals surface area contributed by atoms with Crippen LogP contribution in [0.1, 0.15) is 24.5 Å². The van der Waals surface area contributed by atoms with Crippen molar-refractivity contribution in [3.8, 4) is 0 Å². The summed E-state index contributed by atoms with van der Waals surface area (Å²) >= 11 is 0. The van der Waals surface area contributed by atoms with Crippen LogP contribution in [-0.4, -0.2) is 19.7 Å². The molecule has 0 aromatic carbocycles. The van der Waals surface area contributed by atoms with E-state index in [0.29, 0.717) is 0 Å². The molecule has 1 unspecified atom stereocenters. The molecule has 5 nitrogen and oxygen atoms in total. The smallest absolute Gasteiger partial charge is 0.122 e. The predicted octanol–water partition coefficient (Wildman–Crippen LogP) is 0.994. The van der Waals surface area contributed by atoms with E-state index in [4.69, 9.17) is 0 Å². The highest BCUT2D eigenvalue weighted by molar-refractivity contribution is 5.01. The van der Waals surface area contributed by atoms with Crippen LogP contribution < -0.4 is 5.32 Å². The molecule has 0 spiro atoms. The van der Waals surface area contributed by atoms with Crippen molar-refractivity contribution in [3.63, 3.8) is 0 Å². The average Bonchev–Trinajstić information content (AvgIpc) is 2.85. The lowest BCUT2D eigenvalue weighted by molar-refractivity contribution is 0.529. The number of hydrogen-bond acceptors (Lipinski definition) is 3. The fraction of sp³-hybridized carbons (Fsp3) is 0.400. The van der Waals surface area contributed by atoms with E-state index in [9.17, 15) is 0 Å². The first-order valence-corrected chi connectivity index (χ1v) is 4.97. The highest BCUT2D eigenvalue weighted by atomic mass is 15.3. The van der Waals surface area contributed by atoms with Crippen LogP contribution in [-0.2, 0) is 13.6 Å². The third-order valence-electron chi connectivity index (χ3n) is 2.44. The zero-order valence-corrected chi connectivity index (χ0v) is 8.94. The summed E-state index contributed by atoms with van der Waals surface area (Å²) in [7, 11) is 1.94. The Morgan fingerprint density at radius 1 is 1.53 bits per heavy atom. The molecule has 0 aliphatic rings. The molecule has 0 saturated heterocycles. The minimum atomic E-state index is 0.218. The Labute approximate surface area is 88.5 Å². The van der Waals surface area contributed by atoms with Crippen molar-refractivity contribution in [3.05, 3.63) is 36.2 Å². The van der Waals surface area contributed by atoms with Gasteiger partial charge in [0.2, 0.25) is 0 Å². The Bertz CT molecular complexity index is 403. The number of H-pyrrole nitrogens is 1. The van der Waals surface area contributed by atoms with Gasteiger partial charge >= 0.3 is 0 Å². The molecule has 0 saturated carbocycles. The van der Waals surface area contributed by atoms with Gasteiger partial charge in [0.1, 0.15) is 5.82 Å². The van der Waals surface area contributed by atoms with Crippen molar-refractivity contribution in [2.45, 2.75) is 19.5 Å². The Hall–Kier alpha value is -1.62. The molecule has 0 amide bonds. The van der Waals surface area contributed by atoms with E-state index in [-0.39, 0.29) is 6.04 Å². The van der Waals surface area contributed by atoms with Crippen molar-refractivity contribution < 1.29 is 0 Å². The fourth-order valence-electron chi connectivity index (χ4n) is 1.44. The number of nitrogens with one attached hydrogen (secondary N) is 2. The zero-order chi connectivity index (χ0) is 10.7. The summed E-state index contributed by atoms with van der Waals surface area (Å²) in [5.74, 6) is 0.956. The van der Waals surface area contributed by atoms with Crippen molar-refractivity contribution in [1.82, 2.24) is 25.1 Å². The lowest BCUT2D eigenvalue weighted by Crippen LogP contribution is -2.20. The molecule has 5 heteroatoms.